The van der Waals surface area contributed by atoms with Gasteiger partial charge in [0.05, 0.1) is 4.99 Å². The maximum absolute atomic E-state index is 11.0. The second-order valence-corrected chi connectivity index (χ2v) is 5.05. The number of anilines is 1. The van der Waals surface area contributed by atoms with E-state index in [1.165, 1.54) is 16.0 Å². The third-order valence-electron chi connectivity index (χ3n) is 3.10. The molecule has 1 aliphatic rings. The van der Waals surface area contributed by atoms with E-state index in [1.54, 1.807) is 0 Å². The number of amides is 1. The van der Waals surface area contributed by atoms with Crippen molar-refractivity contribution in [3.05, 3.63) is 29.3 Å². The number of hydrogen-bond acceptors (Lipinski definition) is 2. The predicted molar refractivity (Wildman–Crippen MR) is 75.3 cm³/mol. The van der Waals surface area contributed by atoms with Gasteiger partial charge in [-0.1, -0.05) is 18.3 Å². The van der Waals surface area contributed by atoms with Crippen LogP contribution in [0.1, 0.15) is 18.1 Å². The average Bonchev–Trinajstić information content (AvgIpc) is 2.50. The molecule has 0 aliphatic carbocycles. The number of hydrogen-bond donors (Lipinski definition) is 2. The van der Waals surface area contributed by atoms with Crippen molar-refractivity contribution in [2.45, 2.75) is 19.8 Å². The molecular formula is C13H16N2O2S. The molecule has 0 fully saturated rings. The van der Waals surface area contributed by atoms with Crippen molar-refractivity contribution in [3.8, 4) is 0 Å². The third kappa shape index (κ3) is 2.98. The van der Waals surface area contributed by atoms with Crippen LogP contribution in [0.4, 0.5) is 10.5 Å². The lowest BCUT2D eigenvalue weighted by atomic mass is 10.0. The van der Waals surface area contributed by atoms with Gasteiger partial charge in [0, 0.05) is 18.8 Å². The Labute approximate surface area is 112 Å². The Morgan fingerprint density at radius 3 is 2.61 bits per heavy atom. The van der Waals surface area contributed by atoms with E-state index in [0.29, 0.717) is 13.1 Å². The van der Waals surface area contributed by atoms with Gasteiger partial charge in [0.2, 0.25) is 0 Å². The average molecular weight is 264 g/mol. The van der Waals surface area contributed by atoms with Crippen LogP contribution in [0.15, 0.2) is 18.2 Å². The molecule has 2 rings (SSSR count). The zero-order chi connectivity index (χ0) is 13.1. The highest BCUT2D eigenvalue weighted by Crippen LogP contribution is 2.20. The van der Waals surface area contributed by atoms with Gasteiger partial charge >= 0.3 is 6.09 Å². The molecule has 2 N–H and O–H groups in total. The lowest BCUT2D eigenvalue weighted by Crippen LogP contribution is -2.31. The lowest BCUT2D eigenvalue weighted by Gasteiger charge is -2.15. The Morgan fingerprint density at radius 2 is 2.00 bits per heavy atom. The molecule has 1 aromatic rings. The monoisotopic (exact) mass is 264 g/mol. The molecule has 0 saturated carbocycles. The first-order valence-electron chi connectivity index (χ1n) is 5.93. The molecule has 0 radical (unpaired) electrons. The van der Waals surface area contributed by atoms with E-state index in [1.807, 2.05) is 13.0 Å². The zero-order valence-electron chi connectivity index (χ0n) is 10.3. The van der Waals surface area contributed by atoms with E-state index < -0.39 is 6.09 Å². The number of fused-ring (bicyclic) bond motifs is 1. The maximum atomic E-state index is 11.0. The second-order valence-electron chi connectivity index (χ2n) is 4.43. The molecule has 0 aromatic heterocycles. The predicted octanol–water partition coefficient (Wildman–Crippen LogP) is 2.52. The van der Waals surface area contributed by atoms with E-state index >= 15 is 0 Å². The van der Waals surface area contributed by atoms with Crippen molar-refractivity contribution in [2.24, 2.45) is 0 Å². The molecule has 4 nitrogen and oxygen atoms in total. The Kier molecular flexibility index (Phi) is 3.81. The molecule has 96 valence electrons. The fourth-order valence-corrected chi connectivity index (χ4v) is 2.32. The molecule has 1 aromatic carbocycles. The van der Waals surface area contributed by atoms with Crippen molar-refractivity contribution in [1.29, 1.82) is 0 Å². The number of thiocarbonyl (C=S) groups is 1. The van der Waals surface area contributed by atoms with Crippen LogP contribution in [0, 0.1) is 0 Å². The number of nitrogens with zero attached hydrogens (tertiary/aromatic N) is 1. The maximum Gasteiger partial charge on any atom is 0.407 e. The summed E-state index contributed by atoms with van der Waals surface area (Å²) in [5, 5.41) is 12.1. The highest BCUT2D eigenvalue weighted by atomic mass is 32.1. The second kappa shape index (κ2) is 5.35. The first-order valence-corrected chi connectivity index (χ1v) is 6.34. The van der Waals surface area contributed by atoms with Gasteiger partial charge in [-0.15, -0.1) is 0 Å². The minimum absolute atomic E-state index is 0.558. The number of carbonyl (C=O) groups is 1. The molecule has 0 unspecified atom stereocenters. The van der Waals surface area contributed by atoms with E-state index in [-0.39, 0.29) is 0 Å². The van der Waals surface area contributed by atoms with Crippen LogP contribution in [0.3, 0.4) is 0 Å². The largest absolute Gasteiger partial charge is 0.465 e. The Morgan fingerprint density at radius 1 is 1.33 bits per heavy atom. The molecule has 1 amide bonds. The van der Waals surface area contributed by atoms with Crippen molar-refractivity contribution in [1.82, 2.24) is 4.90 Å². The third-order valence-corrected chi connectivity index (χ3v) is 3.20. The van der Waals surface area contributed by atoms with Crippen molar-refractivity contribution < 1.29 is 9.90 Å². The van der Waals surface area contributed by atoms with Gasteiger partial charge in [0.25, 0.3) is 0 Å². The SMILES string of the molecule is CC(=S)Nc1ccc2c(c1)CCN(C(=O)O)CC2. The highest BCUT2D eigenvalue weighted by molar-refractivity contribution is 7.80. The summed E-state index contributed by atoms with van der Waals surface area (Å²) in [7, 11) is 0. The summed E-state index contributed by atoms with van der Waals surface area (Å²) in [6.45, 7) is 2.97. The summed E-state index contributed by atoms with van der Waals surface area (Å²) < 4.78 is 0. The van der Waals surface area contributed by atoms with Crippen LogP contribution in [0.25, 0.3) is 0 Å². The zero-order valence-corrected chi connectivity index (χ0v) is 11.1. The van der Waals surface area contributed by atoms with E-state index in [0.717, 1.165) is 23.5 Å². The molecule has 1 aliphatic heterocycles. The molecule has 0 bridgehead atoms. The van der Waals surface area contributed by atoms with Crippen molar-refractivity contribution in [3.63, 3.8) is 0 Å². The normalized spacial score (nSPS) is 14.6. The summed E-state index contributed by atoms with van der Waals surface area (Å²) in [5.41, 5.74) is 3.41. The first kappa shape index (κ1) is 12.8. The van der Waals surface area contributed by atoms with Gasteiger partial charge in [-0.05, 0) is 43.0 Å². The Hall–Kier alpha value is -1.62. The van der Waals surface area contributed by atoms with E-state index in [9.17, 15) is 4.79 Å². The quantitative estimate of drug-likeness (QED) is 0.765. The molecule has 1 heterocycles. The Balaban J connectivity index is 2.17. The molecule has 0 atom stereocenters. The number of rotatable bonds is 1. The van der Waals surface area contributed by atoms with Crippen LogP contribution in [-0.2, 0) is 12.8 Å². The minimum atomic E-state index is -0.837. The van der Waals surface area contributed by atoms with Crippen LogP contribution in [0.2, 0.25) is 0 Å². The smallest absolute Gasteiger partial charge is 0.407 e. The van der Waals surface area contributed by atoms with Crippen LogP contribution in [0.5, 0.6) is 0 Å². The van der Waals surface area contributed by atoms with Gasteiger partial charge in [-0.25, -0.2) is 4.79 Å². The van der Waals surface area contributed by atoms with Crippen LogP contribution in [-0.4, -0.2) is 34.2 Å². The first-order chi connectivity index (χ1) is 8.56. The van der Waals surface area contributed by atoms with Gasteiger partial charge in [0.1, 0.15) is 0 Å². The summed E-state index contributed by atoms with van der Waals surface area (Å²) in [4.78, 5) is 13.2. The molecule has 18 heavy (non-hydrogen) atoms. The van der Waals surface area contributed by atoms with Gasteiger partial charge < -0.3 is 15.3 Å². The number of nitrogens with one attached hydrogen (secondary N) is 1. The fraction of sp³-hybridized carbons (Fsp3) is 0.385. The van der Waals surface area contributed by atoms with Gasteiger partial charge in [0.15, 0.2) is 0 Å². The standard InChI is InChI=1S/C13H16N2O2S/c1-9(18)14-12-3-2-10-4-6-15(13(16)17)7-5-11(10)8-12/h2-3,8H,4-7H2,1H3,(H,14,18)(H,16,17). The highest BCUT2D eigenvalue weighted by Gasteiger charge is 2.17. The molecule has 0 saturated heterocycles. The summed E-state index contributed by atoms with van der Waals surface area (Å²) >= 11 is 5.01. The summed E-state index contributed by atoms with van der Waals surface area (Å²) in [6, 6.07) is 6.11. The fourth-order valence-electron chi connectivity index (χ4n) is 2.20. The molecule has 5 heteroatoms. The van der Waals surface area contributed by atoms with Crippen LogP contribution >= 0.6 is 12.2 Å². The molecular weight excluding hydrogens is 248 g/mol. The minimum Gasteiger partial charge on any atom is -0.465 e. The Bertz CT molecular complexity index is 488. The summed E-state index contributed by atoms with van der Waals surface area (Å²) in [5.74, 6) is 0. The van der Waals surface area contributed by atoms with Crippen LogP contribution < -0.4 is 5.32 Å². The number of benzene rings is 1. The molecule has 0 spiro atoms. The number of carboxylic acid groups (broad SMARTS) is 1. The van der Waals surface area contributed by atoms with Crippen molar-refractivity contribution in [2.75, 3.05) is 18.4 Å². The van der Waals surface area contributed by atoms with Gasteiger partial charge in [-0.3, -0.25) is 0 Å². The van der Waals surface area contributed by atoms with Gasteiger partial charge in [-0.2, -0.15) is 0 Å². The summed E-state index contributed by atoms with van der Waals surface area (Å²) in [6.07, 6.45) is 0.697. The topological polar surface area (TPSA) is 52.6 Å². The lowest BCUT2D eigenvalue weighted by molar-refractivity contribution is 0.147. The van der Waals surface area contributed by atoms with E-state index in [4.69, 9.17) is 17.3 Å². The van der Waals surface area contributed by atoms with Crippen molar-refractivity contribution >= 4 is 29.0 Å². The van der Waals surface area contributed by atoms with E-state index in [2.05, 4.69) is 17.4 Å².